The molecule has 0 heterocycles. The van der Waals surface area contributed by atoms with Gasteiger partial charge in [-0.15, -0.1) is 0 Å². The van der Waals surface area contributed by atoms with E-state index < -0.39 is 0 Å². The fraction of sp³-hybridized carbons (Fsp3) is 0.429. The summed E-state index contributed by atoms with van der Waals surface area (Å²) in [4.78, 5) is 17.8. The summed E-state index contributed by atoms with van der Waals surface area (Å²) in [5, 5.41) is 2.56. The van der Waals surface area contributed by atoms with Gasteiger partial charge in [0.05, 0.1) is 12.6 Å². The van der Waals surface area contributed by atoms with Gasteiger partial charge in [-0.1, -0.05) is 6.58 Å². The van der Waals surface area contributed by atoms with Crippen molar-refractivity contribution in [1.82, 2.24) is 5.32 Å². The van der Waals surface area contributed by atoms with E-state index >= 15 is 0 Å². The molecule has 0 rings (SSSR count). The minimum absolute atomic E-state index is 0.186. The highest BCUT2D eigenvalue weighted by atomic mass is 16.1. The van der Waals surface area contributed by atoms with E-state index in [-0.39, 0.29) is 5.91 Å². The van der Waals surface area contributed by atoms with Crippen LogP contribution in [0, 0.1) is 0 Å². The van der Waals surface area contributed by atoms with E-state index in [9.17, 15) is 4.79 Å². The Balaban J connectivity index is 3.35. The third-order valence-electron chi connectivity index (χ3n) is 0.879. The summed E-state index contributed by atoms with van der Waals surface area (Å²) < 4.78 is 0. The van der Waals surface area contributed by atoms with Gasteiger partial charge in [0.2, 0.25) is 5.91 Å². The highest BCUT2D eigenvalue weighted by molar-refractivity contribution is 5.86. The van der Waals surface area contributed by atoms with Crippen LogP contribution in [0.5, 0.6) is 0 Å². The first-order chi connectivity index (χ1) is 5.31. The Morgan fingerprint density at radius 1 is 1.82 bits per heavy atom. The van der Waals surface area contributed by atoms with E-state index in [1.54, 1.807) is 7.05 Å². The summed E-state index contributed by atoms with van der Waals surface area (Å²) in [7, 11) is 1.59. The number of hydrogen-bond donors (Lipinski definition) is 1. The Morgan fingerprint density at radius 3 is 3.09 bits per heavy atom. The summed E-state index contributed by atoms with van der Waals surface area (Å²) in [5.74, 6) is -0.186. The van der Waals surface area contributed by atoms with Crippen LogP contribution in [0.3, 0.4) is 0 Å². The molecule has 0 aliphatic rings. The maximum Gasteiger partial charge on any atom is 0.243 e. The molecule has 0 radical (unpaired) electrons. The predicted octanol–water partition coefficient (Wildman–Crippen LogP) is 0.0923. The van der Waals surface area contributed by atoms with Crippen molar-refractivity contribution in [2.24, 2.45) is 9.98 Å². The van der Waals surface area contributed by atoms with E-state index in [1.165, 1.54) is 6.08 Å². The van der Waals surface area contributed by atoms with E-state index in [1.807, 2.05) is 0 Å². The lowest BCUT2D eigenvalue weighted by Crippen LogP contribution is -2.23. The summed E-state index contributed by atoms with van der Waals surface area (Å²) in [6.07, 6.45) is 1.22. The SMILES string of the molecule is C=CC(=O)NCCN=C=NC. The predicted molar refractivity (Wildman–Crippen MR) is 43.9 cm³/mol. The van der Waals surface area contributed by atoms with Crippen LogP contribution < -0.4 is 5.32 Å². The van der Waals surface area contributed by atoms with Crippen molar-refractivity contribution in [3.05, 3.63) is 12.7 Å². The molecule has 4 nitrogen and oxygen atoms in total. The van der Waals surface area contributed by atoms with Crippen molar-refractivity contribution in [2.75, 3.05) is 20.1 Å². The van der Waals surface area contributed by atoms with Gasteiger partial charge in [0.15, 0.2) is 0 Å². The smallest absolute Gasteiger partial charge is 0.243 e. The van der Waals surface area contributed by atoms with Crippen LogP contribution >= 0.6 is 0 Å². The minimum atomic E-state index is -0.186. The maximum atomic E-state index is 10.5. The highest BCUT2D eigenvalue weighted by Crippen LogP contribution is 1.67. The lowest BCUT2D eigenvalue weighted by molar-refractivity contribution is -0.116. The number of hydrogen-bond acceptors (Lipinski definition) is 3. The number of nitrogens with one attached hydrogen (secondary N) is 1. The Morgan fingerprint density at radius 2 is 2.55 bits per heavy atom. The summed E-state index contributed by atoms with van der Waals surface area (Å²) in [6, 6.07) is 2.41. The fourth-order valence-electron chi connectivity index (χ4n) is 0.428. The number of nitrogens with zero attached hydrogens (tertiary/aromatic N) is 2. The van der Waals surface area contributed by atoms with Gasteiger partial charge in [0.1, 0.15) is 0 Å². The molecule has 11 heavy (non-hydrogen) atoms. The van der Waals surface area contributed by atoms with Crippen LogP contribution in [0.2, 0.25) is 0 Å². The van der Waals surface area contributed by atoms with Crippen LogP contribution in [-0.2, 0) is 4.79 Å². The van der Waals surface area contributed by atoms with Gasteiger partial charge >= 0.3 is 0 Å². The first-order valence-electron chi connectivity index (χ1n) is 3.22. The van der Waals surface area contributed by atoms with E-state index in [0.29, 0.717) is 13.1 Å². The van der Waals surface area contributed by atoms with Crippen molar-refractivity contribution in [2.45, 2.75) is 0 Å². The van der Waals surface area contributed by atoms with Crippen LogP contribution in [0.25, 0.3) is 0 Å². The van der Waals surface area contributed by atoms with E-state index in [4.69, 9.17) is 0 Å². The van der Waals surface area contributed by atoms with Crippen LogP contribution in [0.15, 0.2) is 22.6 Å². The monoisotopic (exact) mass is 153 g/mol. The molecule has 1 N–H and O–H groups in total. The average molecular weight is 153 g/mol. The van der Waals surface area contributed by atoms with Crippen LogP contribution in [-0.4, -0.2) is 32.1 Å². The van der Waals surface area contributed by atoms with Crippen molar-refractivity contribution >= 4 is 11.9 Å². The summed E-state index contributed by atoms with van der Waals surface area (Å²) in [6.45, 7) is 4.29. The van der Waals surface area contributed by atoms with Gasteiger partial charge in [0.25, 0.3) is 0 Å². The first kappa shape index (κ1) is 9.59. The molecule has 0 unspecified atom stereocenters. The van der Waals surface area contributed by atoms with Gasteiger partial charge in [-0.2, -0.15) is 0 Å². The normalized spacial score (nSPS) is 7.73. The standard InChI is InChI=1S/C7H11N3O/c1-3-7(11)10-5-4-9-6-8-2/h3H,1,4-5H2,2H3,(H,10,11). The molecular weight excluding hydrogens is 142 g/mol. The highest BCUT2D eigenvalue weighted by Gasteiger charge is 1.88. The molecule has 0 spiro atoms. The fourth-order valence-corrected chi connectivity index (χ4v) is 0.428. The zero-order chi connectivity index (χ0) is 8.53. The Labute approximate surface area is 65.7 Å². The lowest BCUT2D eigenvalue weighted by Gasteiger charge is -1.94. The number of carbonyl (C=O) groups excluding carboxylic acids is 1. The Kier molecular flexibility index (Phi) is 5.85. The molecule has 0 fully saturated rings. The molecular formula is C7H11N3O. The third-order valence-corrected chi connectivity index (χ3v) is 0.879. The van der Waals surface area contributed by atoms with Gasteiger partial charge in [-0.05, 0) is 6.08 Å². The number of rotatable bonds is 4. The van der Waals surface area contributed by atoms with Crippen LogP contribution in [0.4, 0.5) is 0 Å². The molecule has 0 saturated heterocycles. The molecule has 0 aromatic rings. The zero-order valence-corrected chi connectivity index (χ0v) is 6.50. The number of amides is 1. The second-order valence-corrected chi connectivity index (χ2v) is 1.70. The Bertz CT molecular complexity index is 192. The second kappa shape index (κ2) is 6.71. The summed E-state index contributed by atoms with van der Waals surface area (Å²) in [5.41, 5.74) is 0. The molecule has 1 amide bonds. The topological polar surface area (TPSA) is 53.8 Å². The largest absolute Gasteiger partial charge is 0.351 e. The van der Waals surface area contributed by atoms with Gasteiger partial charge in [0, 0.05) is 13.6 Å². The molecule has 0 aliphatic carbocycles. The summed E-state index contributed by atoms with van der Waals surface area (Å²) >= 11 is 0. The quantitative estimate of drug-likeness (QED) is 0.347. The van der Waals surface area contributed by atoms with Gasteiger partial charge < -0.3 is 5.32 Å². The Hall–Kier alpha value is -1.41. The van der Waals surface area contributed by atoms with Crippen molar-refractivity contribution in [3.8, 4) is 0 Å². The minimum Gasteiger partial charge on any atom is -0.351 e. The van der Waals surface area contributed by atoms with Crippen molar-refractivity contribution in [3.63, 3.8) is 0 Å². The molecule has 0 atom stereocenters. The van der Waals surface area contributed by atoms with Gasteiger partial charge in [-0.3, -0.25) is 4.79 Å². The third kappa shape index (κ3) is 6.48. The molecule has 0 aliphatic heterocycles. The van der Waals surface area contributed by atoms with Crippen molar-refractivity contribution < 1.29 is 4.79 Å². The average Bonchev–Trinajstić information content (AvgIpc) is 2.04. The van der Waals surface area contributed by atoms with Gasteiger partial charge in [-0.25, -0.2) is 9.98 Å². The van der Waals surface area contributed by atoms with Crippen LogP contribution in [0.1, 0.15) is 0 Å². The van der Waals surface area contributed by atoms with Crippen molar-refractivity contribution in [1.29, 1.82) is 0 Å². The second-order valence-electron chi connectivity index (χ2n) is 1.70. The zero-order valence-electron chi connectivity index (χ0n) is 6.50. The first-order valence-corrected chi connectivity index (χ1v) is 3.22. The molecule has 0 aromatic heterocycles. The molecule has 60 valence electrons. The molecule has 0 saturated carbocycles. The van der Waals surface area contributed by atoms with E-state index in [2.05, 4.69) is 27.9 Å². The molecule has 0 bridgehead atoms. The maximum absolute atomic E-state index is 10.5. The lowest BCUT2D eigenvalue weighted by atomic mass is 10.5. The number of carbonyl (C=O) groups is 1. The molecule has 4 heteroatoms. The molecule has 0 aromatic carbocycles. The number of aliphatic imine (C=N–C) groups is 2. The van der Waals surface area contributed by atoms with E-state index in [0.717, 1.165) is 0 Å².